The molecule has 1 rings (SSSR count). The van der Waals surface area contributed by atoms with Crippen LogP contribution in [0.5, 0.6) is 0 Å². The van der Waals surface area contributed by atoms with Gasteiger partial charge < -0.3 is 5.73 Å². The van der Waals surface area contributed by atoms with Crippen molar-refractivity contribution in [3.05, 3.63) is 23.8 Å². The molecular weight excluding hydrogens is 109 g/mol. The van der Waals surface area contributed by atoms with Crippen LogP contribution in [0.15, 0.2) is 18.2 Å². The van der Waals surface area contributed by atoms with Crippen molar-refractivity contribution in [2.24, 2.45) is 0 Å². The first-order chi connectivity index (χ1) is 4.20. The monoisotopic (exact) mass is 117 g/mol. The zero-order valence-electron chi connectivity index (χ0n) is 5.39. The SMILES string of the molecule is [B]c1cc(C)ccc1N. The molecule has 0 aromatic heterocycles. The summed E-state index contributed by atoms with van der Waals surface area (Å²) >= 11 is 0. The molecule has 0 saturated heterocycles. The molecule has 2 heteroatoms. The number of hydrogen-bond donors (Lipinski definition) is 1. The standard InChI is InChI=1S/C7H8BN/c1-5-2-3-7(9)6(8)4-5/h2-4H,9H2,1H3. The number of rotatable bonds is 0. The van der Waals surface area contributed by atoms with Crippen molar-refractivity contribution in [3.8, 4) is 0 Å². The average Bonchev–Trinajstić information content (AvgIpc) is 1.80. The fourth-order valence-corrected chi connectivity index (χ4v) is 0.694. The second-order valence-corrected chi connectivity index (χ2v) is 2.13. The molecule has 0 bridgehead atoms. The minimum atomic E-state index is 0.653. The average molecular weight is 117 g/mol. The van der Waals surface area contributed by atoms with Crippen molar-refractivity contribution < 1.29 is 0 Å². The van der Waals surface area contributed by atoms with Gasteiger partial charge in [0.05, 0.1) is 0 Å². The van der Waals surface area contributed by atoms with Gasteiger partial charge in [-0.2, -0.15) is 0 Å². The van der Waals surface area contributed by atoms with Crippen molar-refractivity contribution in [2.75, 3.05) is 5.73 Å². The summed E-state index contributed by atoms with van der Waals surface area (Å²) in [4.78, 5) is 0. The highest BCUT2D eigenvalue weighted by molar-refractivity contribution is 6.35. The zero-order valence-corrected chi connectivity index (χ0v) is 5.39. The highest BCUT2D eigenvalue weighted by atomic mass is 14.5. The molecule has 0 aliphatic carbocycles. The Kier molecular flexibility index (Phi) is 1.47. The van der Waals surface area contributed by atoms with E-state index in [0.717, 1.165) is 5.56 Å². The Hall–Kier alpha value is -0.915. The summed E-state index contributed by atoms with van der Waals surface area (Å²) in [7, 11) is 5.50. The molecule has 0 saturated carbocycles. The van der Waals surface area contributed by atoms with E-state index in [1.165, 1.54) is 0 Å². The lowest BCUT2D eigenvalue weighted by Crippen LogP contribution is -2.08. The molecule has 0 spiro atoms. The molecule has 0 aliphatic heterocycles. The van der Waals surface area contributed by atoms with E-state index in [1.54, 1.807) is 0 Å². The third kappa shape index (κ3) is 1.25. The third-order valence-corrected chi connectivity index (χ3v) is 1.24. The van der Waals surface area contributed by atoms with Crippen LogP contribution in [0.3, 0.4) is 0 Å². The van der Waals surface area contributed by atoms with E-state index < -0.39 is 0 Å². The Morgan fingerprint density at radius 3 is 2.56 bits per heavy atom. The number of anilines is 1. The minimum absolute atomic E-state index is 0.653. The van der Waals surface area contributed by atoms with E-state index in [4.69, 9.17) is 13.6 Å². The Morgan fingerprint density at radius 1 is 1.44 bits per heavy atom. The predicted octanol–water partition coefficient (Wildman–Crippen LogP) is 0.371. The minimum Gasteiger partial charge on any atom is -0.399 e. The van der Waals surface area contributed by atoms with Crippen LogP contribution in [0.25, 0.3) is 0 Å². The first-order valence-corrected chi connectivity index (χ1v) is 2.82. The fraction of sp³-hybridized carbons (Fsp3) is 0.143. The Balaban J connectivity index is 3.17. The summed E-state index contributed by atoms with van der Waals surface area (Å²) in [6, 6.07) is 5.60. The molecule has 44 valence electrons. The lowest BCUT2D eigenvalue weighted by atomic mass is 9.93. The summed E-state index contributed by atoms with van der Waals surface area (Å²) in [5.74, 6) is 0. The number of benzene rings is 1. The first-order valence-electron chi connectivity index (χ1n) is 2.82. The lowest BCUT2D eigenvalue weighted by Gasteiger charge is -1.98. The second kappa shape index (κ2) is 2.13. The largest absolute Gasteiger partial charge is 0.399 e. The highest BCUT2D eigenvalue weighted by Crippen LogP contribution is 1.98. The van der Waals surface area contributed by atoms with Gasteiger partial charge in [0.15, 0.2) is 0 Å². The molecule has 0 atom stereocenters. The highest BCUT2D eigenvalue weighted by Gasteiger charge is 1.89. The van der Waals surface area contributed by atoms with E-state index in [9.17, 15) is 0 Å². The summed E-state index contributed by atoms with van der Waals surface area (Å²) in [5.41, 5.74) is 7.92. The van der Waals surface area contributed by atoms with Crippen LogP contribution in [0.4, 0.5) is 5.69 Å². The van der Waals surface area contributed by atoms with Gasteiger partial charge >= 0.3 is 0 Å². The number of aryl methyl sites for hydroxylation is 1. The number of nitrogens with two attached hydrogens (primary N) is 1. The molecule has 0 aliphatic rings. The molecule has 0 unspecified atom stereocenters. The first kappa shape index (κ1) is 6.21. The van der Waals surface area contributed by atoms with Gasteiger partial charge in [0.25, 0.3) is 0 Å². The van der Waals surface area contributed by atoms with Crippen LogP contribution in [0.1, 0.15) is 5.56 Å². The smallest absolute Gasteiger partial charge is 0.116 e. The van der Waals surface area contributed by atoms with E-state index >= 15 is 0 Å². The zero-order chi connectivity index (χ0) is 6.85. The molecule has 0 fully saturated rings. The van der Waals surface area contributed by atoms with E-state index in [1.807, 2.05) is 25.1 Å². The van der Waals surface area contributed by atoms with Gasteiger partial charge in [0.2, 0.25) is 0 Å². The second-order valence-electron chi connectivity index (χ2n) is 2.13. The van der Waals surface area contributed by atoms with Crippen LogP contribution >= 0.6 is 0 Å². The van der Waals surface area contributed by atoms with Crippen molar-refractivity contribution in [2.45, 2.75) is 6.92 Å². The van der Waals surface area contributed by atoms with E-state index in [-0.39, 0.29) is 0 Å². The molecular formula is C7H8BN. The molecule has 2 N–H and O–H groups in total. The van der Waals surface area contributed by atoms with Crippen LogP contribution in [0.2, 0.25) is 0 Å². The predicted molar refractivity (Wildman–Crippen MR) is 41.0 cm³/mol. The van der Waals surface area contributed by atoms with Gasteiger partial charge in [-0.25, -0.2) is 0 Å². The van der Waals surface area contributed by atoms with Gasteiger partial charge in [0.1, 0.15) is 7.85 Å². The Morgan fingerprint density at radius 2 is 2.11 bits per heavy atom. The lowest BCUT2D eigenvalue weighted by molar-refractivity contribution is 1.49. The van der Waals surface area contributed by atoms with Crippen LogP contribution in [0, 0.1) is 6.92 Å². The molecule has 1 nitrogen and oxygen atoms in total. The molecule has 1 aromatic carbocycles. The fourth-order valence-electron chi connectivity index (χ4n) is 0.694. The van der Waals surface area contributed by atoms with Gasteiger partial charge in [-0.1, -0.05) is 23.2 Å². The molecule has 0 heterocycles. The topological polar surface area (TPSA) is 26.0 Å². The Bertz CT molecular complexity index is 220. The quantitative estimate of drug-likeness (QED) is 0.385. The van der Waals surface area contributed by atoms with Gasteiger partial charge in [-0.15, -0.1) is 0 Å². The normalized spacial score (nSPS) is 9.44. The summed E-state index contributed by atoms with van der Waals surface area (Å²) in [6.07, 6.45) is 0. The molecule has 2 radical (unpaired) electrons. The summed E-state index contributed by atoms with van der Waals surface area (Å²) in [5, 5.41) is 0. The van der Waals surface area contributed by atoms with E-state index in [2.05, 4.69) is 0 Å². The number of nitrogen functional groups attached to an aromatic ring is 1. The van der Waals surface area contributed by atoms with Crippen molar-refractivity contribution in [3.63, 3.8) is 0 Å². The van der Waals surface area contributed by atoms with Gasteiger partial charge in [-0.3, -0.25) is 0 Å². The van der Waals surface area contributed by atoms with Crippen molar-refractivity contribution in [1.82, 2.24) is 0 Å². The molecule has 1 aromatic rings. The summed E-state index contributed by atoms with van der Waals surface area (Å²) in [6.45, 7) is 1.98. The Labute approximate surface area is 56.3 Å². The van der Waals surface area contributed by atoms with Crippen LogP contribution in [-0.4, -0.2) is 7.85 Å². The molecule has 0 amide bonds. The third-order valence-electron chi connectivity index (χ3n) is 1.24. The van der Waals surface area contributed by atoms with Gasteiger partial charge in [0, 0.05) is 5.69 Å². The summed E-state index contributed by atoms with van der Waals surface area (Å²) < 4.78 is 0. The maximum absolute atomic E-state index is 5.50. The van der Waals surface area contributed by atoms with Crippen molar-refractivity contribution >= 4 is 19.0 Å². The van der Waals surface area contributed by atoms with Crippen molar-refractivity contribution in [1.29, 1.82) is 0 Å². The maximum Gasteiger partial charge on any atom is 0.116 e. The van der Waals surface area contributed by atoms with Crippen LogP contribution < -0.4 is 11.2 Å². The molecule has 9 heavy (non-hydrogen) atoms. The van der Waals surface area contributed by atoms with Gasteiger partial charge in [-0.05, 0) is 13.0 Å². The maximum atomic E-state index is 5.50. The van der Waals surface area contributed by atoms with Crippen LogP contribution in [-0.2, 0) is 0 Å². The number of hydrogen-bond acceptors (Lipinski definition) is 1. The van der Waals surface area contributed by atoms with E-state index in [0.29, 0.717) is 11.2 Å².